The van der Waals surface area contributed by atoms with Gasteiger partial charge in [-0.3, -0.25) is 9.54 Å². The van der Waals surface area contributed by atoms with E-state index in [2.05, 4.69) is 9.72 Å². The molecule has 0 bridgehead atoms. The van der Waals surface area contributed by atoms with Gasteiger partial charge in [-0.25, -0.2) is 4.79 Å². The summed E-state index contributed by atoms with van der Waals surface area (Å²) >= 11 is 0. The smallest absolute Gasteiger partial charge is 0.432 e. The van der Waals surface area contributed by atoms with Crippen LogP contribution < -0.4 is 0 Å². The monoisotopic (exact) mass is 361 g/mol. The van der Waals surface area contributed by atoms with Gasteiger partial charge < -0.3 is 4.74 Å². The Morgan fingerprint density at radius 2 is 1.91 bits per heavy atom. The Hall–Kier alpha value is -2.08. The van der Waals surface area contributed by atoms with E-state index in [-0.39, 0.29) is 5.56 Å². The molecule has 1 aromatic rings. The first-order valence-corrected chi connectivity index (χ1v) is 7.00. The third kappa shape index (κ3) is 4.96. The van der Waals surface area contributed by atoms with Crippen LogP contribution in [-0.4, -0.2) is 41.5 Å². The molecule has 0 aliphatic heterocycles. The topological polar surface area (TPSA) is 93.6 Å². The molecule has 0 saturated heterocycles. The lowest BCUT2D eigenvalue weighted by molar-refractivity contribution is -0.257. The predicted octanol–water partition coefficient (Wildman–Crippen LogP) is 2.05. The molecular formula is C11H8F5NO5S. The van der Waals surface area contributed by atoms with E-state index in [0.29, 0.717) is 6.08 Å². The van der Waals surface area contributed by atoms with Gasteiger partial charge in [0.05, 0.1) is 0 Å². The third-order valence-corrected chi connectivity index (χ3v) is 3.18. The van der Waals surface area contributed by atoms with Gasteiger partial charge in [-0.2, -0.15) is 30.4 Å². The van der Waals surface area contributed by atoms with E-state index >= 15 is 0 Å². The van der Waals surface area contributed by atoms with Crippen LogP contribution in [0.3, 0.4) is 0 Å². The number of hydrogen-bond donors (Lipinski definition) is 1. The molecule has 0 spiro atoms. The van der Waals surface area contributed by atoms with Gasteiger partial charge in [-0.1, -0.05) is 6.07 Å². The Bertz CT molecular complexity index is 687. The molecule has 1 heterocycles. The van der Waals surface area contributed by atoms with Gasteiger partial charge >= 0.3 is 27.5 Å². The van der Waals surface area contributed by atoms with E-state index in [1.807, 2.05) is 0 Å². The summed E-state index contributed by atoms with van der Waals surface area (Å²) in [6, 6.07) is 2.82. The van der Waals surface area contributed by atoms with Gasteiger partial charge in [0.25, 0.3) is 6.10 Å². The highest BCUT2D eigenvalue weighted by Crippen LogP contribution is 2.38. The van der Waals surface area contributed by atoms with E-state index in [0.717, 1.165) is 6.08 Å². The number of esters is 1. The van der Waals surface area contributed by atoms with E-state index in [4.69, 9.17) is 4.55 Å². The van der Waals surface area contributed by atoms with Crippen molar-refractivity contribution in [3.63, 3.8) is 0 Å². The summed E-state index contributed by atoms with van der Waals surface area (Å²) < 4.78 is 96.3. The molecule has 1 unspecified atom stereocenters. The number of carbonyl (C=O) groups is 1. The van der Waals surface area contributed by atoms with Gasteiger partial charge in [0.2, 0.25) is 0 Å². The molecule has 0 aromatic carbocycles. The number of pyridine rings is 1. The van der Waals surface area contributed by atoms with Crippen LogP contribution in [0.4, 0.5) is 22.0 Å². The molecule has 12 heteroatoms. The second kappa shape index (κ2) is 6.58. The zero-order valence-electron chi connectivity index (χ0n) is 10.9. The number of ether oxygens (including phenoxy) is 1. The Balaban J connectivity index is 3.00. The maximum Gasteiger partial charge on any atom is 0.432 e. The van der Waals surface area contributed by atoms with E-state index in [1.54, 1.807) is 0 Å². The van der Waals surface area contributed by atoms with E-state index in [9.17, 15) is 35.2 Å². The quantitative estimate of drug-likeness (QED) is 0.373. The van der Waals surface area contributed by atoms with Crippen LogP contribution in [0.1, 0.15) is 5.56 Å². The molecule has 0 aliphatic rings. The lowest BCUT2D eigenvalue weighted by atomic mass is 10.2. The number of aromatic nitrogens is 1. The number of alkyl halides is 5. The molecule has 1 aromatic heterocycles. The van der Waals surface area contributed by atoms with Crippen molar-refractivity contribution in [2.45, 2.75) is 17.5 Å². The highest BCUT2D eigenvalue weighted by molar-refractivity contribution is 7.86. The van der Waals surface area contributed by atoms with E-state index < -0.39 is 33.6 Å². The minimum Gasteiger partial charge on any atom is -0.442 e. The van der Waals surface area contributed by atoms with Crippen molar-refractivity contribution in [1.29, 1.82) is 0 Å². The van der Waals surface area contributed by atoms with Crippen LogP contribution in [0.25, 0.3) is 6.08 Å². The Morgan fingerprint density at radius 3 is 2.35 bits per heavy atom. The summed E-state index contributed by atoms with van der Waals surface area (Å²) in [6.45, 7) is 0. The first-order valence-electron chi connectivity index (χ1n) is 5.56. The average molecular weight is 361 g/mol. The van der Waals surface area contributed by atoms with Crippen LogP contribution in [0.2, 0.25) is 0 Å². The maximum absolute atomic E-state index is 13.1. The minimum absolute atomic E-state index is 0.245. The first kappa shape index (κ1) is 19.0. The molecule has 0 radical (unpaired) electrons. The van der Waals surface area contributed by atoms with Gasteiger partial charge in [0, 0.05) is 18.5 Å². The molecule has 23 heavy (non-hydrogen) atoms. The van der Waals surface area contributed by atoms with Crippen LogP contribution >= 0.6 is 0 Å². The lowest BCUT2D eigenvalue weighted by Gasteiger charge is -2.25. The van der Waals surface area contributed by atoms with Gasteiger partial charge in [0.15, 0.2) is 0 Å². The summed E-state index contributed by atoms with van der Waals surface area (Å²) in [5.74, 6) is -1.89. The van der Waals surface area contributed by atoms with Crippen molar-refractivity contribution in [1.82, 2.24) is 4.98 Å². The van der Waals surface area contributed by atoms with Crippen molar-refractivity contribution in [3.05, 3.63) is 36.2 Å². The molecule has 6 nitrogen and oxygen atoms in total. The Morgan fingerprint density at radius 1 is 1.30 bits per heavy atom. The normalized spacial score (nSPS) is 14.7. The molecule has 1 rings (SSSR count). The predicted molar refractivity (Wildman–Crippen MR) is 65.7 cm³/mol. The zero-order chi connectivity index (χ0) is 17.9. The SMILES string of the molecule is O=C(C=Cc1cccnc1)OC(C(F)(F)F)C(F)(F)S(=O)(=O)O. The summed E-state index contributed by atoms with van der Waals surface area (Å²) in [6.07, 6.45) is -6.45. The largest absolute Gasteiger partial charge is 0.442 e. The van der Waals surface area contributed by atoms with Gasteiger partial charge in [0.1, 0.15) is 0 Å². The molecule has 1 N–H and O–H groups in total. The standard InChI is InChI=1S/C11H8F5NO5S/c12-10(13,14)9(11(15,16)23(19,20)21)22-8(18)4-3-7-2-1-5-17-6-7/h1-6,9H,(H,19,20,21). The average Bonchev–Trinajstić information content (AvgIpc) is 2.41. The van der Waals surface area contributed by atoms with Crippen LogP contribution in [0.5, 0.6) is 0 Å². The molecule has 128 valence electrons. The number of nitrogens with zero attached hydrogens (tertiary/aromatic N) is 1. The fourth-order valence-corrected chi connectivity index (χ4v) is 1.71. The molecular weight excluding hydrogens is 353 g/mol. The molecule has 0 amide bonds. The highest BCUT2D eigenvalue weighted by Gasteiger charge is 2.65. The fourth-order valence-electron chi connectivity index (χ4n) is 1.26. The summed E-state index contributed by atoms with van der Waals surface area (Å²) in [4.78, 5) is 14.8. The molecule has 0 aliphatic carbocycles. The van der Waals surface area contributed by atoms with Crippen molar-refractivity contribution in [2.75, 3.05) is 0 Å². The number of hydrogen-bond acceptors (Lipinski definition) is 5. The summed E-state index contributed by atoms with van der Waals surface area (Å²) in [5, 5.41) is -5.76. The van der Waals surface area contributed by atoms with Crippen molar-refractivity contribution in [3.8, 4) is 0 Å². The van der Waals surface area contributed by atoms with Crippen molar-refractivity contribution < 1.29 is 44.5 Å². The molecule has 0 saturated carbocycles. The van der Waals surface area contributed by atoms with Crippen molar-refractivity contribution >= 4 is 22.2 Å². The van der Waals surface area contributed by atoms with E-state index in [1.165, 1.54) is 24.5 Å². The summed E-state index contributed by atoms with van der Waals surface area (Å²) in [7, 11) is -6.46. The number of halogens is 5. The lowest BCUT2D eigenvalue weighted by Crippen LogP contribution is -2.52. The summed E-state index contributed by atoms with van der Waals surface area (Å²) in [5.41, 5.74) is 0.245. The van der Waals surface area contributed by atoms with Crippen LogP contribution in [0, 0.1) is 0 Å². The second-order valence-electron chi connectivity index (χ2n) is 4.02. The first-order chi connectivity index (χ1) is 10.4. The zero-order valence-corrected chi connectivity index (χ0v) is 11.7. The third-order valence-electron chi connectivity index (χ3n) is 2.28. The number of carbonyl (C=O) groups excluding carboxylic acids is 1. The Labute approximate surface area is 126 Å². The highest BCUT2D eigenvalue weighted by atomic mass is 32.2. The molecule has 1 atom stereocenters. The molecule has 0 fully saturated rings. The Kier molecular flexibility index (Phi) is 5.43. The second-order valence-corrected chi connectivity index (χ2v) is 5.51. The minimum atomic E-state index is -6.46. The van der Waals surface area contributed by atoms with Gasteiger partial charge in [-0.05, 0) is 17.7 Å². The fraction of sp³-hybridized carbons (Fsp3) is 0.273. The van der Waals surface area contributed by atoms with Crippen LogP contribution in [-0.2, 0) is 19.6 Å². The van der Waals surface area contributed by atoms with Crippen molar-refractivity contribution in [2.24, 2.45) is 0 Å². The van der Waals surface area contributed by atoms with Gasteiger partial charge in [-0.15, -0.1) is 0 Å². The van der Waals surface area contributed by atoms with Crippen LogP contribution in [0.15, 0.2) is 30.6 Å². The number of rotatable bonds is 5. The maximum atomic E-state index is 13.1.